The van der Waals surface area contributed by atoms with Gasteiger partial charge in [0.2, 0.25) is 5.89 Å². The van der Waals surface area contributed by atoms with Crippen molar-refractivity contribution >= 4 is 5.97 Å². The summed E-state index contributed by atoms with van der Waals surface area (Å²) < 4.78 is 23.7. The summed E-state index contributed by atoms with van der Waals surface area (Å²) in [6, 6.07) is 12.0. The zero-order chi connectivity index (χ0) is 17.8. The summed E-state index contributed by atoms with van der Waals surface area (Å²) in [4.78, 5) is 12.1. The van der Waals surface area contributed by atoms with Crippen molar-refractivity contribution in [2.75, 3.05) is 0 Å². The normalized spacial score (nSPS) is 12.0. The SMILES string of the molecule is C[C@@H](OC(=O)c1ccc(CO)cc1)c1nnc(-c2ccc(F)cc2)o1. The fourth-order valence-corrected chi connectivity index (χ4v) is 2.13. The molecule has 0 amide bonds. The van der Waals surface area contributed by atoms with Crippen LogP contribution in [0.4, 0.5) is 4.39 Å². The minimum absolute atomic E-state index is 0.0973. The minimum atomic E-state index is -0.744. The van der Waals surface area contributed by atoms with Crippen LogP contribution in [0.1, 0.15) is 34.8 Å². The number of aliphatic hydroxyl groups is 1. The molecular formula is C18H15FN2O4. The lowest BCUT2D eigenvalue weighted by Crippen LogP contribution is -2.09. The number of halogens is 1. The molecule has 128 valence electrons. The first kappa shape index (κ1) is 16.8. The maximum absolute atomic E-state index is 13.0. The van der Waals surface area contributed by atoms with E-state index < -0.39 is 12.1 Å². The largest absolute Gasteiger partial charge is 0.449 e. The van der Waals surface area contributed by atoms with Crippen LogP contribution in [0.5, 0.6) is 0 Å². The molecule has 1 heterocycles. The molecule has 1 aromatic heterocycles. The molecule has 6 nitrogen and oxygen atoms in total. The predicted molar refractivity (Wildman–Crippen MR) is 85.9 cm³/mol. The molecule has 0 aliphatic carbocycles. The molecule has 0 saturated carbocycles. The van der Waals surface area contributed by atoms with Crippen LogP contribution in [-0.4, -0.2) is 21.3 Å². The van der Waals surface area contributed by atoms with E-state index in [1.165, 1.54) is 24.3 Å². The van der Waals surface area contributed by atoms with Gasteiger partial charge >= 0.3 is 5.97 Å². The summed E-state index contributed by atoms with van der Waals surface area (Å²) in [7, 11) is 0. The highest BCUT2D eigenvalue weighted by Crippen LogP contribution is 2.23. The lowest BCUT2D eigenvalue weighted by atomic mass is 10.1. The highest BCUT2D eigenvalue weighted by Gasteiger charge is 2.20. The first-order chi connectivity index (χ1) is 12.1. The molecule has 3 rings (SSSR count). The molecule has 0 radical (unpaired) electrons. The first-order valence-corrected chi connectivity index (χ1v) is 7.57. The third-order valence-electron chi connectivity index (χ3n) is 3.54. The van der Waals surface area contributed by atoms with Gasteiger partial charge in [-0.25, -0.2) is 9.18 Å². The van der Waals surface area contributed by atoms with E-state index in [-0.39, 0.29) is 24.2 Å². The molecule has 25 heavy (non-hydrogen) atoms. The summed E-state index contributed by atoms with van der Waals surface area (Å²) in [5, 5.41) is 16.8. The third kappa shape index (κ3) is 3.89. The van der Waals surface area contributed by atoms with Crippen LogP contribution in [0.3, 0.4) is 0 Å². The Morgan fingerprint density at radius 1 is 1.16 bits per heavy atom. The van der Waals surface area contributed by atoms with E-state index in [1.54, 1.807) is 31.2 Å². The number of carbonyl (C=O) groups excluding carboxylic acids is 1. The van der Waals surface area contributed by atoms with Crippen LogP contribution < -0.4 is 0 Å². The monoisotopic (exact) mass is 342 g/mol. The van der Waals surface area contributed by atoms with E-state index in [4.69, 9.17) is 14.3 Å². The topological polar surface area (TPSA) is 85.5 Å². The second-order valence-electron chi connectivity index (χ2n) is 5.35. The van der Waals surface area contributed by atoms with Gasteiger partial charge in [0.15, 0.2) is 6.10 Å². The second kappa shape index (κ2) is 7.23. The van der Waals surface area contributed by atoms with Crippen LogP contribution in [0.15, 0.2) is 52.9 Å². The van der Waals surface area contributed by atoms with Crippen molar-refractivity contribution in [3.8, 4) is 11.5 Å². The fourth-order valence-electron chi connectivity index (χ4n) is 2.13. The van der Waals surface area contributed by atoms with Crippen LogP contribution in [-0.2, 0) is 11.3 Å². The van der Waals surface area contributed by atoms with Gasteiger partial charge in [0.1, 0.15) is 5.82 Å². The molecule has 1 atom stereocenters. The minimum Gasteiger partial charge on any atom is -0.449 e. The van der Waals surface area contributed by atoms with Crippen molar-refractivity contribution in [3.63, 3.8) is 0 Å². The number of hydrogen-bond donors (Lipinski definition) is 1. The van der Waals surface area contributed by atoms with Gasteiger partial charge in [-0.15, -0.1) is 10.2 Å². The number of aromatic nitrogens is 2. The first-order valence-electron chi connectivity index (χ1n) is 7.57. The van der Waals surface area contributed by atoms with Gasteiger partial charge in [-0.2, -0.15) is 0 Å². The molecule has 0 aliphatic heterocycles. The van der Waals surface area contributed by atoms with Gasteiger partial charge in [0, 0.05) is 5.56 Å². The van der Waals surface area contributed by atoms with E-state index in [0.29, 0.717) is 16.7 Å². The number of esters is 1. The van der Waals surface area contributed by atoms with Gasteiger partial charge in [0.25, 0.3) is 5.89 Å². The summed E-state index contributed by atoms with van der Waals surface area (Å²) in [6.07, 6.45) is -0.744. The molecule has 0 saturated heterocycles. The average Bonchev–Trinajstić information content (AvgIpc) is 3.12. The van der Waals surface area contributed by atoms with Crippen molar-refractivity contribution in [2.24, 2.45) is 0 Å². The van der Waals surface area contributed by atoms with E-state index in [1.807, 2.05) is 0 Å². The molecule has 1 N–H and O–H groups in total. The number of ether oxygens (including phenoxy) is 1. The maximum atomic E-state index is 13.0. The Kier molecular flexibility index (Phi) is 4.85. The van der Waals surface area contributed by atoms with Crippen LogP contribution in [0.25, 0.3) is 11.5 Å². The summed E-state index contributed by atoms with van der Waals surface area (Å²) in [5.74, 6) is -0.554. The Balaban J connectivity index is 1.69. The Labute approximate surface area is 142 Å². The molecule has 0 bridgehead atoms. The molecule has 3 aromatic rings. The van der Waals surface area contributed by atoms with Gasteiger partial charge in [-0.1, -0.05) is 12.1 Å². The molecule has 0 spiro atoms. The van der Waals surface area contributed by atoms with Crippen LogP contribution in [0, 0.1) is 5.82 Å². The van der Waals surface area contributed by atoms with E-state index in [9.17, 15) is 9.18 Å². The van der Waals surface area contributed by atoms with Gasteiger partial charge < -0.3 is 14.3 Å². The van der Waals surface area contributed by atoms with Crippen molar-refractivity contribution in [2.45, 2.75) is 19.6 Å². The zero-order valence-corrected chi connectivity index (χ0v) is 13.3. The summed E-state index contributed by atoms with van der Waals surface area (Å²) in [5.41, 5.74) is 1.62. The number of hydrogen-bond acceptors (Lipinski definition) is 6. The number of benzene rings is 2. The average molecular weight is 342 g/mol. The quantitative estimate of drug-likeness (QED) is 0.716. The molecule has 2 aromatic carbocycles. The second-order valence-corrected chi connectivity index (χ2v) is 5.35. The summed E-state index contributed by atoms with van der Waals surface area (Å²) >= 11 is 0. The molecule has 0 unspecified atom stereocenters. The van der Waals surface area contributed by atoms with Crippen molar-refractivity contribution in [1.29, 1.82) is 0 Å². The Morgan fingerprint density at radius 3 is 2.48 bits per heavy atom. The Hall–Kier alpha value is -3.06. The lowest BCUT2D eigenvalue weighted by Gasteiger charge is -2.09. The highest BCUT2D eigenvalue weighted by atomic mass is 19.1. The van der Waals surface area contributed by atoms with Gasteiger partial charge in [-0.3, -0.25) is 0 Å². The van der Waals surface area contributed by atoms with Crippen LogP contribution >= 0.6 is 0 Å². The number of nitrogens with zero attached hydrogens (tertiary/aromatic N) is 2. The van der Waals surface area contributed by atoms with Gasteiger partial charge in [-0.05, 0) is 48.9 Å². The standard InChI is InChI=1S/C18H15FN2O4/c1-11(24-18(23)14-4-2-12(10-22)3-5-14)16-20-21-17(25-16)13-6-8-15(19)9-7-13/h2-9,11,22H,10H2,1H3/t11-/m1/s1. The van der Waals surface area contributed by atoms with E-state index in [0.717, 1.165) is 0 Å². The Morgan fingerprint density at radius 2 is 1.84 bits per heavy atom. The van der Waals surface area contributed by atoms with Crippen LogP contribution in [0.2, 0.25) is 0 Å². The lowest BCUT2D eigenvalue weighted by molar-refractivity contribution is 0.0280. The maximum Gasteiger partial charge on any atom is 0.338 e. The molecule has 0 aliphatic rings. The number of carbonyl (C=O) groups is 1. The number of rotatable bonds is 5. The molecule has 7 heteroatoms. The predicted octanol–water partition coefficient (Wildman–Crippen LogP) is 3.29. The smallest absolute Gasteiger partial charge is 0.338 e. The van der Waals surface area contributed by atoms with E-state index >= 15 is 0 Å². The van der Waals surface area contributed by atoms with Crippen molar-refractivity contribution < 1.29 is 23.4 Å². The van der Waals surface area contributed by atoms with E-state index in [2.05, 4.69) is 10.2 Å². The third-order valence-corrected chi connectivity index (χ3v) is 3.54. The zero-order valence-electron chi connectivity index (χ0n) is 13.3. The fraction of sp³-hybridized carbons (Fsp3) is 0.167. The number of aliphatic hydroxyl groups excluding tert-OH is 1. The molecular weight excluding hydrogens is 327 g/mol. The highest BCUT2D eigenvalue weighted by molar-refractivity contribution is 5.89. The molecule has 0 fully saturated rings. The Bertz CT molecular complexity index is 860. The van der Waals surface area contributed by atoms with Crippen molar-refractivity contribution in [1.82, 2.24) is 10.2 Å². The van der Waals surface area contributed by atoms with Crippen molar-refractivity contribution in [3.05, 3.63) is 71.4 Å². The van der Waals surface area contributed by atoms with Gasteiger partial charge in [0.05, 0.1) is 12.2 Å². The summed E-state index contributed by atoms with van der Waals surface area (Å²) in [6.45, 7) is 1.52.